The molecular formula is C24H24N2O5S. The zero-order valence-corrected chi connectivity index (χ0v) is 18.8. The van der Waals surface area contributed by atoms with Crippen LogP contribution in [0.1, 0.15) is 37.7 Å². The van der Waals surface area contributed by atoms with Crippen LogP contribution in [0.15, 0.2) is 66.1 Å². The van der Waals surface area contributed by atoms with E-state index >= 15 is 0 Å². The SMILES string of the molecule is Cc1cc(C(=O)COC(=O)c2ccc(NS(=O)(=O)/C=C/c3ccccc3)cc2)c(C)n1C. The second-order valence-corrected chi connectivity index (χ2v) is 8.85. The van der Waals surface area contributed by atoms with Gasteiger partial charge in [0.2, 0.25) is 5.78 Å². The first-order valence-corrected chi connectivity index (χ1v) is 11.4. The fourth-order valence-corrected chi connectivity index (χ4v) is 3.90. The van der Waals surface area contributed by atoms with Crippen molar-refractivity contribution in [3.05, 3.63) is 94.1 Å². The van der Waals surface area contributed by atoms with Gasteiger partial charge in [-0.25, -0.2) is 13.2 Å². The summed E-state index contributed by atoms with van der Waals surface area (Å²) in [6, 6.07) is 16.6. The molecule has 0 saturated carbocycles. The fourth-order valence-electron chi connectivity index (χ4n) is 3.03. The number of benzene rings is 2. The number of carbonyl (C=O) groups excluding carboxylic acids is 2. The van der Waals surface area contributed by atoms with Crippen LogP contribution in [0.2, 0.25) is 0 Å². The van der Waals surface area contributed by atoms with E-state index in [9.17, 15) is 18.0 Å². The monoisotopic (exact) mass is 452 g/mol. The van der Waals surface area contributed by atoms with E-state index < -0.39 is 16.0 Å². The molecule has 32 heavy (non-hydrogen) atoms. The zero-order chi connectivity index (χ0) is 23.3. The number of esters is 1. The molecule has 0 radical (unpaired) electrons. The summed E-state index contributed by atoms with van der Waals surface area (Å²) in [6.45, 7) is 3.35. The molecule has 0 saturated heterocycles. The summed E-state index contributed by atoms with van der Waals surface area (Å²) in [7, 11) is -1.86. The highest BCUT2D eigenvalue weighted by atomic mass is 32.2. The van der Waals surface area contributed by atoms with Crippen LogP contribution in [0.5, 0.6) is 0 Å². The predicted molar refractivity (Wildman–Crippen MR) is 124 cm³/mol. The molecule has 0 spiro atoms. The van der Waals surface area contributed by atoms with E-state index in [1.807, 2.05) is 43.7 Å². The first-order valence-electron chi connectivity index (χ1n) is 9.85. The molecule has 0 aliphatic rings. The molecule has 7 nitrogen and oxygen atoms in total. The van der Waals surface area contributed by atoms with Gasteiger partial charge in [0, 0.05) is 29.7 Å². The van der Waals surface area contributed by atoms with E-state index in [0.29, 0.717) is 11.3 Å². The molecule has 3 rings (SSSR count). The first-order chi connectivity index (χ1) is 15.2. The highest BCUT2D eigenvalue weighted by Crippen LogP contribution is 2.16. The van der Waals surface area contributed by atoms with Crippen LogP contribution in [0.25, 0.3) is 6.08 Å². The van der Waals surface area contributed by atoms with Crippen molar-refractivity contribution in [3.8, 4) is 0 Å². The van der Waals surface area contributed by atoms with E-state index in [0.717, 1.165) is 22.4 Å². The number of nitrogens with zero attached hydrogens (tertiary/aromatic N) is 1. The number of hydrogen-bond acceptors (Lipinski definition) is 5. The summed E-state index contributed by atoms with van der Waals surface area (Å²) in [6.07, 6.45) is 1.49. The summed E-state index contributed by atoms with van der Waals surface area (Å²) >= 11 is 0. The molecule has 1 heterocycles. The lowest BCUT2D eigenvalue weighted by Gasteiger charge is -2.07. The highest BCUT2D eigenvalue weighted by Gasteiger charge is 2.17. The summed E-state index contributed by atoms with van der Waals surface area (Å²) in [5, 5.41) is 1.07. The lowest BCUT2D eigenvalue weighted by molar-refractivity contribution is 0.0474. The molecule has 0 aliphatic carbocycles. The number of carbonyl (C=O) groups is 2. The number of Topliss-reactive ketones (excluding diaryl/α,β-unsaturated/α-hetero) is 1. The van der Waals surface area contributed by atoms with E-state index in [4.69, 9.17) is 4.74 Å². The Hall–Kier alpha value is -3.65. The van der Waals surface area contributed by atoms with Crippen molar-refractivity contribution in [2.45, 2.75) is 13.8 Å². The Balaban J connectivity index is 1.58. The van der Waals surface area contributed by atoms with E-state index in [1.54, 1.807) is 18.2 Å². The number of nitrogens with one attached hydrogen (secondary N) is 1. The van der Waals surface area contributed by atoms with Crippen LogP contribution in [-0.4, -0.2) is 31.3 Å². The molecule has 166 valence electrons. The molecule has 0 unspecified atom stereocenters. The van der Waals surface area contributed by atoms with Crippen molar-refractivity contribution in [1.29, 1.82) is 0 Å². The third-order valence-electron chi connectivity index (χ3n) is 5.03. The second-order valence-electron chi connectivity index (χ2n) is 7.28. The standard InChI is InChI=1S/C24H24N2O5S/c1-17-15-22(18(2)26(17)3)23(27)16-31-24(28)20-9-11-21(12-10-20)25-32(29,30)14-13-19-7-5-4-6-8-19/h4-15,25H,16H2,1-3H3/b14-13+. The minimum atomic E-state index is -3.72. The van der Waals surface area contributed by atoms with Crippen LogP contribution in [0.4, 0.5) is 5.69 Å². The molecule has 0 bridgehead atoms. The van der Waals surface area contributed by atoms with Gasteiger partial charge in [-0.05, 0) is 55.8 Å². The molecule has 1 aromatic heterocycles. The van der Waals surface area contributed by atoms with E-state index in [-0.39, 0.29) is 18.0 Å². The smallest absolute Gasteiger partial charge is 0.338 e. The Morgan fingerprint density at radius 2 is 1.69 bits per heavy atom. The number of ketones is 1. The van der Waals surface area contributed by atoms with Gasteiger partial charge in [0.1, 0.15) is 0 Å². The van der Waals surface area contributed by atoms with Crippen molar-refractivity contribution >= 4 is 33.5 Å². The largest absolute Gasteiger partial charge is 0.454 e. The number of aryl methyl sites for hydroxylation is 1. The molecule has 0 fully saturated rings. The normalized spacial score (nSPS) is 11.5. The molecule has 0 aliphatic heterocycles. The number of ether oxygens (including phenoxy) is 1. The van der Waals surface area contributed by atoms with Crippen LogP contribution in [0.3, 0.4) is 0 Å². The van der Waals surface area contributed by atoms with Gasteiger partial charge in [0.05, 0.1) is 11.0 Å². The van der Waals surface area contributed by atoms with Gasteiger partial charge in [-0.1, -0.05) is 30.3 Å². The van der Waals surface area contributed by atoms with Gasteiger partial charge in [-0.3, -0.25) is 9.52 Å². The summed E-state index contributed by atoms with van der Waals surface area (Å²) in [5.74, 6) is -0.948. The Bertz CT molecular complexity index is 1260. The third-order valence-corrected chi connectivity index (χ3v) is 6.04. The number of hydrogen-bond donors (Lipinski definition) is 1. The minimum Gasteiger partial charge on any atom is -0.454 e. The van der Waals surface area contributed by atoms with Crippen molar-refractivity contribution in [2.75, 3.05) is 11.3 Å². The van der Waals surface area contributed by atoms with Crippen molar-refractivity contribution in [1.82, 2.24) is 4.57 Å². The maximum atomic E-state index is 12.4. The molecule has 3 aromatic rings. The van der Waals surface area contributed by atoms with Gasteiger partial charge in [-0.2, -0.15) is 0 Å². The average molecular weight is 453 g/mol. The Kier molecular flexibility index (Phi) is 6.95. The Morgan fingerprint density at radius 3 is 2.28 bits per heavy atom. The number of aromatic nitrogens is 1. The summed E-state index contributed by atoms with van der Waals surface area (Å²) < 4.78 is 33.9. The second kappa shape index (κ2) is 9.65. The molecule has 1 N–H and O–H groups in total. The molecule has 0 atom stereocenters. The predicted octanol–water partition coefficient (Wildman–Crippen LogP) is 4.09. The molecule has 0 amide bonds. The molecule has 8 heteroatoms. The maximum absolute atomic E-state index is 12.4. The average Bonchev–Trinajstić information content (AvgIpc) is 3.04. The Labute approximate surface area is 187 Å². The van der Waals surface area contributed by atoms with Crippen molar-refractivity contribution in [3.63, 3.8) is 0 Å². The van der Waals surface area contributed by atoms with Gasteiger partial charge in [-0.15, -0.1) is 0 Å². The zero-order valence-electron chi connectivity index (χ0n) is 18.0. The minimum absolute atomic E-state index is 0.210. The van der Waals surface area contributed by atoms with Gasteiger partial charge >= 0.3 is 5.97 Å². The summed E-state index contributed by atoms with van der Waals surface area (Å²) in [4.78, 5) is 24.6. The fraction of sp³-hybridized carbons (Fsp3) is 0.167. The number of sulfonamides is 1. The molecular weight excluding hydrogens is 428 g/mol. The van der Waals surface area contributed by atoms with Gasteiger partial charge in [0.25, 0.3) is 10.0 Å². The lowest BCUT2D eigenvalue weighted by Crippen LogP contribution is -2.15. The molecule has 2 aromatic carbocycles. The van der Waals surface area contributed by atoms with E-state index in [1.165, 1.54) is 30.3 Å². The van der Waals surface area contributed by atoms with Crippen molar-refractivity contribution in [2.24, 2.45) is 7.05 Å². The van der Waals surface area contributed by atoms with Gasteiger partial charge in [0.15, 0.2) is 6.61 Å². The van der Waals surface area contributed by atoms with Crippen molar-refractivity contribution < 1.29 is 22.7 Å². The topological polar surface area (TPSA) is 94.5 Å². The van der Waals surface area contributed by atoms with E-state index in [2.05, 4.69) is 4.72 Å². The maximum Gasteiger partial charge on any atom is 0.338 e. The Morgan fingerprint density at radius 1 is 1.03 bits per heavy atom. The first kappa shape index (κ1) is 23.0. The lowest BCUT2D eigenvalue weighted by atomic mass is 10.1. The van der Waals surface area contributed by atoms with Gasteiger partial charge < -0.3 is 9.30 Å². The quantitative estimate of drug-likeness (QED) is 0.410. The number of anilines is 1. The van der Waals surface area contributed by atoms with Crippen LogP contribution in [-0.2, 0) is 21.8 Å². The van der Waals surface area contributed by atoms with Crippen LogP contribution < -0.4 is 4.72 Å². The van der Waals surface area contributed by atoms with Crippen LogP contribution >= 0.6 is 0 Å². The highest BCUT2D eigenvalue weighted by molar-refractivity contribution is 7.95. The van der Waals surface area contributed by atoms with Crippen LogP contribution in [0, 0.1) is 13.8 Å². The summed E-state index contributed by atoms with van der Waals surface area (Å²) in [5.41, 5.74) is 3.53. The number of rotatable bonds is 8. The third kappa shape index (κ3) is 5.73.